The van der Waals surface area contributed by atoms with Crippen molar-refractivity contribution in [3.05, 3.63) is 46.5 Å². The van der Waals surface area contributed by atoms with Gasteiger partial charge in [-0.3, -0.25) is 0 Å². The predicted molar refractivity (Wildman–Crippen MR) is 147 cm³/mol. The lowest BCUT2D eigenvalue weighted by Crippen LogP contribution is -2.42. The summed E-state index contributed by atoms with van der Waals surface area (Å²) in [6, 6.07) is 8.79. The molecule has 2 saturated heterocycles. The second-order valence-electron chi connectivity index (χ2n) is 10.7. The Labute approximate surface area is 213 Å². The van der Waals surface area contributed by atoms with Gasteiger partial charge in [-0.2, -0.15) is 0 Å². The van der Waals surface area contributed by atoms with Crippen LogP contribution in [0.4, 0.5) is 0 Å². The molecule has 4 nitrogen and oxygen atoms in total. The zero-order valence-corrected chi connectivity index (χ0v) is 23.8. The van der Waals surface area contributed by atoms with Crippen molar-refractivity contribution in [2.24, 2.45) is 0 Å². The summed E-state index contributed by atoms with van der Waals surface area (Å²) in [6.45, 7) is 14.9. The van der Waals surface area contributed by atoms with E-state index in [9.17, 15) is 0 Å². The van der Waals surface area contributed by atoms with Gasteiger partial charge in [0.15, 0.2) is 5.79 Å². The van der Waals surface area contributed by atoms with Crippen LogP contribution in [0.3, 0.4) is 0 Å². The number of ether oxygens (including phenoxy) is 4. The van der Waals surface area contributed by atoms with Gasteiger partial charge in [-0.05, 0) is 41.2 Å². The van der Waals surface area contributed by atoms with Crippen molar-refractivity contribution >= 4 is 8.58 Å². The molecular formula is C30H43O4P. The molecule has 0 N–H and O–H groups in total. The molecule has 2 aromatic rings. The minimum atomic E-state index is -0.585. The van der Waals surface area contributed by atoms with Crippen LogP contribution in [-0.2, 0) is 9.47 Å². The maximum Gasteiger partial charge on any atom is 0.176 e. The fraction of sp³-hybridized carbons (Fsp3) is 0.600. The van der Waals surface area contributed by atoms with Crippen LogP contribution in [0.15, 0.2) is 24.3 Å². The molecule has 2 aromatic carbocycles. The normalized spacial score (nSPS) is 20.5. The van der Waals surface area contributed by atoms with Crippen LogP contribution >= 0.6 is 8.58 Å². The fourth-order valence-corrected chi connectivity index (χ4v) is 7.68. The van der Waals surface area contributed by atoms with Gasteiger partial charge in [0.1, 0.15) is 11.5 Å². The van der Waals surface area contributed by atoms with Crippen molar-refractivity contribution in [2.75, 3.05) is 39.8 Å². The topological polar surface area (TPSA) is 36.9 Å². The molecule has 1 spiro atoms. The summed E-state index contributed by atoms with van der Waals surface area (Å²) in [5.74, 6) is 2.44. The molecule has 0 aliphatic carbocycles. The van der Waals surface area contributed by atoms with Gasteiger partial charge in [-0.15, -0.1) is 8.58 Å². The molecule has 2 atom stereocenters. The largest absolute Gasteiger partial charge is 0.496 e. The summed E-state index contributed by atoms with van der Waals surface area (Å²) in [5.41, 5.74) is 7.42. The molecule has 4 rings (SSSR count). The van der Waals surface area contributed by atoms with Crippen LogP contribution in [0.5, 0.6) is 11.5 Å². The van der Waals surface area contributed by atoms with Crippen LogP contribution in [0, 0.1) is 0 Å². The van der Waals surface area contributed by atoms with Gasteiger partial charge in [-0.1, -0.05) is 65.8 Å². The van der Waals surface area contributed by atoms with Crippen molar-refractivity contribution in [1.29, 1.82) is 0 Å². The molecule has 2 heterocycles. The van der Waals surface area contributed by atoms with E-state index in [-0.39, 0.29) is 17.8 Å². The standard InChI is InChI=1S/C30H43O4P/c1-18(2)21-11-9-10-12-22(21)26-27(23-17-35-16-13-30(23)33-14-15-34-30)29(32-8)25(20(5)6)24(19(3)4)28(26)31-7/h9-12,18-20,23,35H,13-17H2,1-8H3. The van der Waals surface area contributed by atoms with Crippen molar-refractivity contribution in [1.82, 2.24) is 0 Å². The van der Waals surface area contributed by atoms with E-state index in [0.29, 0.717) is 19.1 Å². The Bertz CT molecular complexity index is 1040. The van der Waals surface area contributed by atoms with Crippen molar-refractivity contribution in [3.8, 4) is 22.6 Å². The van der Waals surface area contributed by atoms with Crippen molar-refractivity contribution < 1.29 is 18.9 Å². The number of hydrogen-bond donors (Lipinski definition) is 0. The van der Waals surface area contributed by atoms with Gasteiger partial charge in [0.25, 0.3) is 0 Å². The Hall–Kier alpha value is -1.61. The molecule has 35 heavy (non-hydrogen) atoms. The summed E-state index contributed by atoms with van der Waals surface area (Å²) in [5, 5.41) is 0. The molecule has 2 aliphatic heterocycles. The lowest BCUT2D eigenvalue weighted by atomic mass is 9.76. The average Bonchev–Trinajstić information content (AvgIpc) is 3.30. The summed E-state index contributed by atoms with van der Waals surface area (Å²) in [4.78, 5) is 0. The molecule has 0 aromatic heterocycles. The Kier molecular flexibility index (Phi) is 8.15. The predicted octanol–water partition coefficient (Wildman–Crippen LogP) is 7.65. The third kappa shape index (κ3) is 4.63. The molecule has 0 bridgehead atoms. The Morgan fingerprint density at radius 1 is 0.857 bits per heavy atom. The first-order chi connectivity index (χ1) is 16.8. The second kappa shape index (κ2) is 10.8. The zero-order valence-electron chi connectivity index (χ0n) is 22.8. The summed E-state index contributed by atoms with van der Waals surface area (Å²) in [6.07, 6.45) is 3.11. The van der Waals surface area contributed by atoms with Gasteiger partial charge in [-0.25, -0.2) is 0 Å². The summed E-state index contributed by atoms with van der Waals surface area (Å²) >= 11 is 0. The highest BCUT2D eigenvalue weighted by molar-refractivity contribution is 7.38. The Morgan fingerprint density at radius 3 is 2.03 bits per heavy atom. The molecular weight excluding hydrogens is 455 g/mol. The third-order valence-corrected chi connectivity index (χ3v) is 8.89. The SMILES string of the molecule is COc1c(-c2ccccc2C(C)C)c(C2CPCCC23OCCO3)c(OC)c(C(C)C)c1C(C)C. The van der Waals surface area contributed by atoms with E-state index in [0.717, 1.165) is 44.4 Å². The van der Waals surface area contributed by atoms with E-state index in [1.165, 1.54) is 27.8 Å². The van der Waals surface area contributed by atoms with Gasteiger partial charge < -0.3 is 18.9 Å². The number of rotatable bonds is 7. The Balaban J connectivity index is 2.18. The molecule has 2 aliphatic rings. The third-order valence-electron chi connectivity index (χ3n) is 7.59. The van der Waals surface area contributed by atoms with Gasteiger partial charge >= 0.3 is 0 Å². The van der Waals surface area contributed by atoms with Crippen LogP contribution in [0.2, 0.25) is 0 Å². The molecule has 0 saturated carbocycles. The molecule has 2 fully saturated rings. The smallest absolute Gasteiger partial charge is 0.176 e. The van der Waals surface area contributed by atoms with Crippen LogP contribution in [-0.4, -0.2) is 45.5 Å². The minimum Gasteiger partial charge on any atom is -0.496 e. The maximum atomic E-state index is 6.45. The molecule has 0 radical (unpaired) electrons. The highest BCUT2D eigenvalue weighted by Gasteiger charge is 2.49. The van der Waals surface area contributed by atoms with Crippen molar-refractivity contribution in [3.63, 3.8) is 0 Å². The maximum absolute atomic E-state index is 6.45. The summed E-state index contributed by atoms with van der Waals surface area (Å²) in [7, 11) is 4.53. The van der Waals surface area contributed by atoms with Gasteiger partial charge in [0, 0.05) is 34.6 Å². The molecule has 192 valence electrons. The van der Waals surface area contributed by atoms with Crippen molar-refractivity contribution in [2.45, 2.75) is 77.4 Å². The first-order valence-corrected chi connectivity index (χ1v) is 14.6. The van der Waals surface area contributed by atoms with Gasteiger partial charge in [0.05, 0.1) is 27.4 Å². The fourth-order valence-electron chi connectivity index (χ4n) is 6.14. The van der Waals surface area contributed by atoms with Gasteiger partial charge in [0.2, 0.25) is 0 Å². The van der Waals surface area contributed by atoms with Crippen LogP contribution < -0.4 is 9.47 Å². The second-order valence-corrected chi connectivity index (χ2v) is 12.2. The minimum absolute atomic E-state index is 0.0925. The van der Waals surface area contributed by atoms with E-state index >= 15 is 0 Å². The van der Waals surface area contributed by atoms with E-state index in [1.807, 2.05) is 14.2 Å². The number of methoxy groups -OCH3 is 2. The number of hydrogen-bond acceptors (Lipinski definition) is 4. The molecule has 2 unspecified atom stereocenters. The monoisotopic (exact) mass is 498 g/mol. The lowest BCUT2D eigenvalue weighted by molar-refractivity contribution is -0.174. The van der Waals surface area contributed by atoms with Crippen LogP contribution in [0.25, 0.3) is 11.1 Å². The lowest BCUT2D eigenvalue weighted by Gasteiger charge is -2.42. The summed E-state index contributed by atoms with van der Waals surface area (Å²) < 4.78 is 25.7. The van der Waals surface area contributed by atoms with E-state index in [1.54, 1.807) is 0 Å². The highest BCUT2D eigenvalue weighted by Crippen LogP contribution is 2.58. The molecule has 5 heteroatoms. The zero-order chi connectivity index (χ0) is 25.3. The van der Waals surface area contributed by atoms with Crippen LogP contribution in [0.1, 0.15) is 93.9 Å². The average molecular weight is 499 g/mol. The Morgan fingerprint density at radius 2 is 1.46 bits per heavy atom. The highest BCUT2D eigenvalue weighted by atomic mass is 31.1. The number of benzene rings is 2. The van der Waals surface area contributed by atoms with E-state index in [4.69, 9.17) is 18.9 Å². The first kappa shape index (κ1) is 26.5. The first-order valence-electron chi connectivity index (χ1n) is 13.2. The van der Waals surface area contributed by atoms with E-state index < -0.39 is 5.79 Å². The molecule has 0 amide bonds. The quantitative estimate of drug-likeness (QED) is 0.368. The van der Waals surface area contributed by atoms with E-state index in [2.05, 4.69) is 65.8 Å².